The van der Waals surface area contributed by atoms with Gasteiger partial charge in [-0.1, -0.05) is 12.1 Å². The van der Waals surface area contributed by atoms with Gasteiger partial charge in [-0.3, -0.25) is 14.6 Å². The summed E-state index contributed by atoms with van der Waals surface area (Å²) in [6.45, 7) is 5.52. The van der Waals surface area contributed by atoms with Crippen LogP contribution >= 0.6 is 0 Å². The Morgan fingerprint density at radius 2 is 1.82 bits per heavy atom. The summed E-state index contributed by atoms with van der Waals surface area (Å²) in [5, 5.41) is 2.91. The van der Waals surface area contributed by atoms with Gasteiger partial charge >= 0.3 is 12.0 Å². The van der Waals surface area contributed by atoms with E-state index in [4.69, 9.17) is 14.2 Å². The monoisotopic (exact) mass is 554 g/mol. The zero-order valence-corrected chi connectivity index (χ0v) is 23.4. The third kappa shape index (κ3) is 5.89. The van der Waals surface area contributed by atoms with E-state index in [0.29, 0.717) is 53.5 Å². The Hall–Kier alpha value is -4.12. The highest BCUT2D eigenvalue weighted by Gasteiger charge is 2.39. The highest BCUT2D eigenvalue weighted by atomic mass is 19.1. The first-order chi connectivity index (χ1) is 19.2. The number of rotatable bonds is 8. The van der Waals surface area contributed by atoms with E-state index in [0.717, 1.165) is 0 Å². The zero-order chi connectivity index (χ0) is 29.0. The number of esters is 1. The summed E-state index contributed by atoms with van der Waals surface area (Å²) in [4.78, 5) is 44.7. The second kappa shape index (κ2) is 12.4. The van der Waals surface area contributed by atoms with Crippen molar-refractivity contribution < 1.29 is 33.0 Å². The fraction of sp³-hybridized carbons (Fsp3) is 0.414. The quantitative estimate of drug-likeness (QED) is 0.500. The average Bonchev–Trinajstić information content (AvgIpc) is 2.94. The Morgan fingerprint density at radius 3 is 2.48 bits per heavy atom. The highest BCUT2D eigenvalue weighted by Crippen LogP contribution is 2.36. The molecule has 10 nitrogen and oxygen atoms in total. The summed E-state index contributed by atoms with van der Waals surface area (Å²) < 4.78 is 29.9. The second-order valence-electron chi connectivity index (χ2n) is 9.73. The van der Waals surface area contributed by atoms with Crippen LogP contribution in [0.15, 0.2) is 53.7 Å². The predicted molar refractivity (Wildman–Crippen MR) is 146 cm³/mol. The molecular formula is C29H35FN4O6. The molecule has 4 rings (SSSR count). The van der Waals surface area contributed by atoms with Crippen LogP contribution in [-0.2, 0) is 9.53 Å². The number of hydrogen-bond donors (Lipinski definition) is 1. The van der Waals surface area contributed by atoms with E-state index >= 15 is 0 Å². The van der Waals surface area contributed by atoms with E-state index < -0.39 is 17.8 Å². The summed E-state index contributed by atoms with van der Waals surface area (Å²) in [6.07, 6.45) is 0. The second-order valence-corrected chi connectivity index (χ2v) is 9.73. The zero-order valence-electron chi connectivity index (χ0n) is 23.4. The number of carbonyl (C=O) groups is 3. The van der Waals surface area contributed by atoms with Gasteiger partial charge < -0.3 is 24.4 Å². The van der Waals surface area contributed by atoms with Crippen LogP contribution in [0.1, 0.15) is 35.8 Å². The Kier molecular flexibility index (Phi) is 8.93. The van der Waals surface area contributed by atoms with Crippen LogP contribution in [0.5, 0.6) is 11.5 Å². The molecule has 2 aromatic carbocycles. The van der Waals surface area contributed by atoms with Crippen molar-refractivity contribution in [2.24, 2.45) is 0 Å². The third-order valence-electron chi connectivity index (χ3n) is 7.23. The molecule has 2 aliphatic rings. The minimum atomic E-state index is -0.772. The molecule has 2 atom stereocenters. The lowest BCUT2D eigenvalue weighted by Gasteiger charge is -2.42. The number of hydrogen-bond acceptors (Lipinski definition) is 7. The van der Waals surface area contributed by atoms with Gasteiger partial charge in [-0.2, -0.15) is 0 Å². The number of piperazine rings is 1. The molecule has 0 spiro atoms. The maximum absolute atomic E-state index is 13.7. The molecule has 3 amide bonds. The van der Waals surface area contributed by atoms with E-state index in [1.54, 1.807) is 43.1 Å². The van der Waals surface area contributed by atoms with Crippen LogP contribution in [-0.4, -0.2) is 92.7 Å². The van der Waals surface area contributed by atoms with Crippen LogP contribution in [0.4, 0.5) is 9.18 Å². The van der Waals surface area contributed by atoms with Crippen molar-refractivity contribution in [3.8, 4) is 11.5 Å². The fourth-order valence-corrected chi connectivity index (χ4v) is 5.16. The Morgan fingerprint density at radius 1 is 1.07 bits per heavy atom. The largest absolute Gasteiger partial charge is 0.493 e. The van der Waals surface area contributed by atoms with Crippen LogP contribution in [0, 0.1) is 5.82 Å². The van der Waals surface area contributed by atoms with Crippen molar-refractivity contribution in [2.75, 3.05) is 54.1 Å². The first-order valence-corrected chi connectivity index (χ1v) is 13.1. The molecule has 2 heterocycles. The van der Waals surface area contributed by atoms with Crippen LogP contribution in [0.2, 0.25) is 0 Å². The normalized spacial score (nSPS) is 19.8. The van der Waals surface area contributed by atoms with Gasteiger partial charge in [0.25, 0.3) is 5.91 Å². The van der Waals surface area contributed by atoms with Gasteiger partial charge in [0, 0.05) is 50.5 Å². The van der Waals surface area contributed by atoms with Gasteiger partial charge in [-0.25, -0.2) is 14.0 Å². The third-order valence-corrected chi connectivity index (χ3v) is 7.23. The number of carbonyl (C=O) groups excluding carboxylic acids is 3. The SMILES string of the molecule is CCOC(=O)C1=C(CN2CCN(C(=O)c3cccc(F)c3)[C@H](C)C2)N(C)C(=O)N[C@H]1c1ccc(OC)c(OC)c1. The molecule has 11 heteroatoms. The summed E-state index contributed by atoms with van der Waals surface area (Å²) >= 11 is 0. The van der Waals surface area contributed by atoms with E-state index in [-0.39, 0.29) is 31.1 Å². The number of nitrogens with one attached hydrogen (secondary N) is 1. The van der Waals surface area contributed by atoms with Crippen molar-refractivity contribution >= 4 is 17.9 Å². The molecular weight excluding hydrogens is 519 g/mol. The van der Waals surface area contributed by atoms with Gasteiger partial charge in [0.2, 0.25) is 0 Å². The predicted octanol–water partition coefficient (Wildman–Crippen LogP) is 3.20. The minimum absolute atomic E-state index is 0.170. The van der Waals surface area contributed by atoms with Gasteiger partial charge in [-0.15, -0.1) is 0 Å². The molecule has 2 aliphatic heterocycles. The molecule has 0 radical (unpaired) electrons. The summed E-state index contributed by atoms with van der Waals surface area (Å²) in [6, 6.07) is 9.56. The number of halogens is 1. The van der Waals surface area contributed by atoms with E-state index in [2.05, 4.69) is 10.2 Å². The Labute approximate surface area is 233 Å². The first kappa shape index (κ1) is 28.9. The topological polar surface area (TPSA) is 101 Å². The van der Waals surface area contributed by atoms with E-state index in [1.807, 2.05) is 6.92 Å². The van der Waals surface area contributed by atoms with Gasteiger partial charge in [0.05, 0.1) is 32.4 Å². The fourth-order valence-electron chi connectivity index (χ4n) is 5.16. The van der Waals surface area contributed by atoms with Crippen molar-refractivity contribution in [1.82, 2.24) is 20.0 Å². The molecule has 0 aliphatic carbocycles. The number of urea groups is 1. The maximum Gasteiger partial charge on any atom is 0.338 e. The summed E-state index contributed by atoms with van der Waals surface area (Å²) in [5.41, 5.74) is 1.77. The summed E-state index contributed by atoms with van der Waals surface area (Å²) in [7, 11) is 4.66. The number of likely N-dealkylation sites (N-methyl/N-ethyl adjacent to an activating group) is 1. The van der Waals surface area contributed by atoms with Crippen LogP contribution < -0.4 is 14.8 Å². The van der Waals surface area contributed by atoms with Crippen molar-refractivity contribution in [3.05, 3.63) is 70.7 Å². The molecule has 0 aromatic heterocycles. The summed E-state index contributed by atoms with van der Waals surface area (Å²) in [5.74, 6) is -0.242. The minimum Gasteiger partial charge on any atom is -0.493 e. The maximum atomic E-state index is 13.7. The molecule has 0 unspecified atom stereocenters. The number of methoxy groups -OCH3 is 2. The lowest BCUT2D eigenvalue weighted by atomic mass is 9.93. The van der Waals surface area contributed by atoms with Gasteiger partial charge in [0.15, 0.2) is 11.5 Å². The van der Waals surface area contributed by atoms with Crippen molar-refractivity contribution in [3.63, 3.8) is 0 Å². The molecule has 2 aromatic rings. The molecule has 1 fully saturated rings. The van der Waals surface area contributed by atoms with Crippen molar-refractivity contribution in [2.45, 2.75) is 25.9 Å². The first-order valence-electron chi connectivity index (χ1n) is 13.1. The number of amides is 3. The molecule has 214 valence electrons. The van der Waals surface area contributed by atoms with Crippen LogP contribution in [0.3, 0.4) is 0 Å². The Balaban J connectivity index is 1.63. The smallest absolute Gasteiger partial charge is 0.338 e. The highest BCUT2D eigenvalue weighted by molar-refractivity contribution is 5.95. The van der Waals surface area contributed by atoms with E-state index in [1.165, 1.54) is 37.3 Å². The standard InChI is InChI=1S/C29H35FN4O6/c1-6-40-28(36)25-22(32(3)29(37)31-26(25)19-10-11-23(38-4)24(15-19)39-5)17-33-12-13-34(18(2)16-33)27(35)20-8-7-9-21(30)14-20/h7-11,14-15,18,26H,6,12-13,16-17H2,1-5H3,(H,31,37)/t18-,26+/m1/s1. The molecule has 0 bridgehead atoms. The van der Waals surface area contributed by atoms with Crippen molar-refractivity contribution in [1.29, 1.82) is 0 Å². The molecule has 0 saturated carbocycles. The lowest BCUT2D eigenvalue weighted by Crippen LogP contribution is -2.56. The van der Waals surface area contributed by atoms with Gasteiger partial charge in [-0.05, 0) is 49.7 Å². The molecule has 40 heavy (non-hydrogen) atoms. The van der Waals surface area contributed by atoms with E-state index in [9.17, 15) is 18.8 Å². The average molecular weight is 555 g/mol. The lowest BCUT2D eigenvalue weighted by molar-refractivity contribution is -0.139. The number of nitrogens with zero attached hydrogens (tertiary/aromatic N) is 3. The number of ether oxygens (including phenoxy) is 3. The Bertz CT molecular complexity index is 1320. The van der Waals surface area contributed by atoms with Gasteiger partial charge in [0.1, 0.15) is 5.82 Å². The molecule has 1 saturated heterocycles. The number of benzene rings is 2. The molecule has 1 N–H and O–H groups in total. The van der Waals surface area contributed by atoms with Crippen LogP contribution in [0.25, 0.3) is 0 Å².